The van der Waals surface area contributed by atoms with Crippen LogP contribution >= 0.6 is 0 Å². The molecule has 18 heavy (non-hydrogen) atoms. The summed E-state index contributed by atoms with van der Waals surface area (Å²) in [5, 5.41) is 2.75. The van der Waals surface area contributed by atoms with E-state index in [0.29, 0.717) is 6.42 Å². The fourth-order valence-corrected chi connectivity index (χ4v) is 2.89. The van der Waals surface area contributed by atoms with E-state index in [-0.39, 0.29) is 35.4 Å². The standard InChI is InChI=1S/C14H26N2O2/c1-7-10-12(18)16(8-11(17)15-10)14(5,6)9-13(2,3)4/h10H,7-9H2,1-6H3,(H,15,17). The van der Waals surface area contributed by atoms with Gasteiger partial charge in [0.15, 0.2) is 0 Å². The highest BCUT2D eigenvalue weighted by Gasteiger charge is 2.41. The fourth-order valence-electron chi connectivity index (χ4n) is 2.89. The van der Waals surface area contributed by atoms with Gasteiger partial charge in [0, 0.05) is 5.54 Å². The van der Waals surface area contributed by atoms with Gasteiger partial charge in [-0.15, -0.1) is 0 Å². The molecule has 0 spiro atoms. The zero-order valence-electron chi connectivity index (χ0n) is 12.5. The normalized spacial score (nSPS) is 22.1. The van der Waals surface area contributed by atoms with Crippen molar-refractivity contribution < 1.29 is 9.59 Å². The van der Waals surface area contributed by atoms with Crippen LogP contribution in [0.4, 0.5) is 0 Å². The molecule has 0 radical (unpaired) electrons. The highest BCUT2D eigenvalue weighted by molar-refractivity contribution is 5.95. The van der Waals surface area contributed by atoms with Crippen molar-refractivity contribution in [3.8, 4) is 0 Å². The van der Waals surface area contributed by atoms with Gasteiger partial charge in [-0.3, -0.25) is 9.59 Å². The maximum atomic E-state index is 12.3. The van der Waals surface area contributed by atoms with Crippen molar-refractivity contribution in [2.45, 2.75) is 66.0 Å². The third-order valence-electron chi connectivity index (χ3n) is 3.30. The van der Waals surface area contributed by atoms with Crippen LogP contribution in [0.1, 0.15) is 54.4 Å². The smallest absolute Gasteiger partial charge is 0.246 e. The summed E-state index contributed by atoms with van der Waals surface area (Å²) < 4.78 is 0. The number of piperazine rings is 1. The van der Waals surface area contributed by atoms with Crippen molar-refractivity contribution in [1.82, 2.24) is 10.2 Å². The van der Waals surface area contributed by atoms with Crippen LogP contribution in [0.3, 0.4) is 0 Å². The molecule has 0 saturated carbocycles. The second kappa shape index (κ2) is 4.90. The molecule has 1 atom stereocenters. The summed E-state index contributed by atoms with van der Waals surface area (Å²) in [6.45, 7) is 12.6. The first-order chi connectivity index (χ1) is 8.07. The van der Waals surface area contributed by atoms with Crippen molar-refractivity contribution >= 4 is 11.8 Å². The molecular formula is C14H26N2O2. The quantitative estimate of drug-likeness (QED) is 0.836. The molecule has 4 heteroatoms. The van der Waals surface area contributed by atoms with Crippen molar-refractivity contribution in [2.24, 2.45) is 5.41 Å². The number of amides is 2. The number of nitrogens with one attached hydrogen (secondary N) is 1. The first kappa shape index (κ1) is 15.0. The Morgan fingerprint density at radius 2 is 1.78 bits per heavy atom. The van der Waals surface area contributed by atoms with E-state index >= 15 is 0 Å². The molecule has 1 N–H and O–H groups in total. The van der Waals surface area contributed by atoms with Gasteiger partial charge in [-0.1, -0.05) is 27.7 Å². The van der Waals surface area contributed by atoms with Gasteiger partial charge in [0.25, 0.3) is 0 Å². The summed E-state index contributed by atoms with van der Waals surface area (Å²) in [6, 6.07) is -0.356. The maximum absolute atomic E-state index is 12.3. The van der Waals surface area contributed by atoms with E-state index in [0.717, 1.165) is 6.42 Å². The summed E-state index contributed by atoms with van der Waals surface area (Å²) >= 11 is 0. The van der Waals surface area contributed by atoms with Crippen LogP contribution in [0.25, 0.3) is 0 Å². The zero-order chi connectivity index (χ0) is 14.1. The van der Waals surface area contributed by atoms with E-state index in [2.05, 4.69) is 26.1 Å². The van der Waals surface area contributed by atoms with E-state index in [1.54, 1.807) is 4.90 Å². The fraction of sp³-hybridized carbons (Fsp3) is 0.857. The van der Waals surface area contributed by atoms with Gasteiger partial charge in [-0.2, -0.15) is 0 Å². The molecule has 0 aromatic rings. The van der Waals surface area contributed by atoms with E-state index in [4.69, 9.17) is 0 Å². The number of hydrogen-bond acceptors (Lipinski definition) is 2. The van der Waals surface area contributed by atoms with Gasteiger partial charge in [0.1, 0.15) is 12.6 Å². The lowest BCUT2D eigenvalue weighted by molar-refractivity contribution is -0.150. The molecule has 1 fully saturated rings. The van der Waals surface area contributed by atoms with Gasteiger partial charge in [0.2, 0.25) is 11.8 Å². The van der Waals surface area contributed by atoms with Crippen molar-refractivity contribution in [3.05, 3.63) is 0 Å². The number of carbonyl (C=O) groups is 2. The van der Waals surface area contributed by atoms with Gasteiger partial charge in [-0.25, -0.2) is 0 Å². The lowest BCUT2D eigenvalue weighted by Crippen LogP contribution is -2.63. The summed E-state index contributed by atoms with van der Waals surface area (Å²) in [7, 11) is 0. The Bertz CT molecular complexity index is 342. The number of rotatable bonds is 3. The Morgan fingerprint density at radius 1 is 1.22 bits per heavy atom. The Morgan fingerprint density at radius 3 is 2.22 bits per heavy atom. The van der Waals surface area contributed by atoms with E-state index in [1.807, 2.05) is 20.8 Å². The first-order valence-electron chi connectivity index (χ1n) is 6.68. The van der Waals surface area contributed by atoms with Crippen molar-refractivity contribution in [1.29, 1.82) is 0 Å². The molecule has 2 amide bonds. The van der Waals surface area contributed by atoms with E-state index in [9.17, 15) is 9.59 Å². The van der Waals surface area contributed by atoms with Crippen molar-refractivity contribution in [2.75, 3.05) is 6.54 Å². The Hall–Kier alpha value is -1.06. The van der Waals surface area contributed by atoms with Crippen LogP contribution < -0.4 is 5.32 Å². The monoisotopic (exact) mass is 254 g/mol. The molecule has 0 aromatic heterocycles. The lowest BCUT2D eigenvalue weighted by atomic mass is 9.80. The van der Waals surface area contributed by atoms with Crippen LogP contribution in [0.15, 0.2) is 0 Å². The van der Waals surface area contributed by atoms with Crippen molar-refractivity contribution in [3.63, 3.8) is 0 Å². The van der Waals surface area contributed by atoms with Crippen LogP contribution in [0, 0.1) is 5.41 Å². The summed E-state index contributed by atoms with van der Waals surface area (Å²) in [5.41, 5.74) is -0.167. The molecule has 1 heterocycles. The minimum Gasteiger partial charge on any atom is -0.343 e. The average Bonchev–Trinajstić information content (AvgIpc) is 2.17. The number of hydrogen-bond donors (Lipinski definition) is 1. The second-order valence-corrected chi connectivity index (χ2v) is 7.00. The molecule has 0 aromatic carbocycles. The molecule has 1 saturated heterocycles. The van der Waals surface area contributed by atoms with Crippen LogP contribution in [-0.2, 0) is 9.59 Å². The molecule has 104 valence electrons. The molecule has 1 unspecified atom stereocenters. The van der Waals surface area contributed by atoms with Crippen LogP contribution in [0.5, 0.6) is 0 Å². The van der Waals surface area contributed by atoms with E-state index in [1.165, 1.54) is 0 Å². The predicted octanol–water partition coefficient (Wildman–Crippen LogP) is 1.94. The van der Waals surface area contributed by atoms with Gasteiger partial charge < -0.3 is 10.2 Å². The van der Waals surface area contributed by atoms with Gasteiger partial charge in [0.05, 0.1) is 0 Å². The Kier molecular flexibility index (Phi) is 4.08. The van der Waals surface area contributed by atoms with Gasteiger partial charge in [-0.05, 0) is 32.1 Å². The lowest BCUT2D eigenvalue weighted by Gasteiger charge is -2.45. The molecule has 1 aliphatic heterocycles. The minimum absolute atomic E-state index is 0.0475. The Balaban J connectivity index is 2.92. The molecule has 1 rings (SSSR count). The first-order valence-corrected chi connectivity index (χ1v) is 6.68. The summed E-state index contributed by atoms with van der Waals surface area (Å²) in [6.07, 6.45) is 1.52. The zero-order valence-corrected chi connectivity index (χ0v) is 12.5. The molecule has 0 aliphatic carbocycles. The number of carbonyl (C=O) groups excluding carboxylic acids is 2. The topological polar surface area (TPSA) is 49.4 Å². The van der Waals surface area contributed by atoms with E-state index < -0.39 is 0 Å². The highest BCUT2D eigenvalue weighted by atomic mass is 16.2. The summed E-state index contributed by atoms with van der Waals surface area (Å²) in [5.74, 6) is -0.00483. The highest BCUT2D eigenvalue weighted by Crippen LogP contribution is 2.32. The minimum atomic E-state index is -0.356. The Labute approximate surface area is 110 Å². The average molecular weight is 254 g/mol. The predicted molar refractivity (Wildman–Crippen MR) is 72.1 cm³/mol. The second-order valence-electron chi connectivity index (χ2n) is 7.00. The summed E-state index contributed by atoms with van der Waals surface area (Å²) in [4.78, 5) is 25.8. The third kappa shape index (κ3) is 3.47. The molecular weight excluding hydrogens is 228 g/mol. The largest absolute Gasteiger partial charge is 0.343 e. The SMILES string of the molecule is CCC1NC(=O)CN(C(C)(C)CC(C)(C)C)C1=O. The molecule has 4 nitrogen and oxygen atoms in total. The molecule has 1 aliphatic rings. The maximum Gasteiger partial charge on any atom is 0.246 e. The third-order valence-corrected chi connectivity index (χ3v) is 3.30. The van der Waals surface area contributed by atoms with Crippen LogP contribution in [0.2, 0.25) is 0 Å². The van der Waals surface area contributed by atoms with Gasteiger partial charge >= 0.3 is 0 Å². The van der Waals surface area contributed by atoms with Crippen LogP contribution in [-0.4, -0.2) is 34.8 Å². The molecule has 0 bridgehead atoms. The number of nitrogens with zero attached hydrogens (tertiary/aromatic N) is 1.